The van der Waals surface area contributed by atoms with Gasteiger partial charge in [-0.1, -0.05) is 69.6 Å². The fourth-order valence-corrected chi connectivity index (χ4v) is 10.8. The number of halogens is 1. The number of carboxylic acids is 1. The number of aliphatic carboxylic acids is 1. The SMILES string of the molecule is CC(C)[Si](OC1=CC(c2ccc(Br)cc2)C(C(=O)O)[C@@H](CO)C1)(C(C)C)C(C)C. The van der Waals surface area contributed by atoms with E-state index >= 15 is 0 Å². The molecule has 162 valence electrons. The Labute approximate surface area is 184 Å². The lowest BCUT2D eigenvalue weighted by Crippen LogP contribution is -2.48. The zero-order valence-corrected chi connectivity index (χ0v) is 20.9. The summed E-state index contributed by atoms with van der Waals surface area (Å²) in [4.78, 5) is 12.1. The van der Waals surface area contributed by atoms with Gasteiger partial charge in [-0.25, -0.2) is 0 Å². The normalized spacial score (nSPS) is 22.9. The Hall–Kier alpha value is -1.11. The first-order valence-corrected chi connectivity index (χ1v) is 13.5. The first kappa shape index (κ1) is 24.2. The number of carbonyl (C=O) groups is 1. The molecule has 2 N–H and O–H groups in total. The number of rotatable bonds is 8. The van der Waals surface area contributed by atoms with Crippen molar-refractivity contribution in [1.82, 2.24) is 0 Å². The van der Waals surface area contributed by atoms with Gasteiger partial charge in [0.05, 0.1) is 11.7 Å². The Morgan fingerprint density at radius 1 is 1.10 bits per heavy atom. The van der Waals surface area contributed by atoms with Crippen molar-refractivity contribution in [2.45, 2.75) is 70.5 Å². The number of allylic oxidation sites excluding steroid dienone is 2. The third-order valence-electron chi connectivity index (χ3n) is 6.51. The van der Waals surface area contributed by atoms with Crippen LogP contribution in [0.4, 0.5) is 0 Å². The van der Waals surface area contributed by atoms with Gasteiger partial charge < -0.3 is 14.6 Å². The number of aliphatic hydroxyl groups excluding tert-OH is 1. The Bertz CT molecular complexity index is 705. The quantitative estimate of drug-likeness (QED) is 0.425. The standard InChI is InChI=1S/C23H35BrO4Si/c1-14(2)29(15(3)4,16(5)6)28-20-11-18(13-25)22(23(26)27)21(12-20)17-7-9-19(24)10-8-17/h7-10,12,14-16,18,21-22,25H,11,13H2,1-6H3,(H,26,27)/t18-,21?,22?/m1/s1. The average Bonchev–Trinajstić information content (AvgIpc) is 2.64. The van der Waals surface area contributed by atoms with Crippen molar-refractivity contribution in [3.63, 3.8) is 0 Å². The third-order valence-corrected chi connectivity index (χ3v) is 13.1. The lowest BCUT2D eigenvalue weighted by atomic mass is 9.72. The summed E-state index contributed by atoms with van der Waals surface area (Å²) in [6.45, 7) is 13.3. The van der Waals surface area contributed by atoms with Crippen LogP contribution >= 0.6 is 15.9 Å². The summed E-state index contributed by atoms with van der Waals surface area (Å²) in [5, 5.41) is 19.9. The van der Waals surface area contributed by atoms with Crippen LogP contribution in [-0.4, -0.2) is 31.1 Å². The Morgan fingerprint density at radius 3 is 2.03 bits per heavy atom. The fourth-order valence-electron chi connectivity index (χ4n) is 5.23. The number of carboxylic acid groups (broad SMARTS) is 1. The smallest absolute Gasteiger partial charge is 0.307 e. The summed E-state index contributed by atoms with van der Waals surface area (Å²) in [5.41, 5.74) is 2.23. The van der Waals surface area contributed by atoms with E-state index in [1.54, 1.807) is 0 Å². The maximum Gasteiger partial charge on any atom is 0.307 e. The molecule has 0 spiro atoms. The molecule has 0 bridgehead atoms. The van der Waals surface area contributed by atoms with E-state index in [2.05, 4.69) is 57.5 Å². The predicted octanol–water partition coefficient (Wildman–Crippen LogP) is 6.32. The van der Waals surface area contributed by atoms with E-state index in [9.17, 15) is 15.0 Å². The van der Waals surface area contributed by atoms with Gasteiger partial charge in [-0.2, -0.15) is 0 Å². The van der Waals surface area contributed by atoms with Gasteiger partial charge in [0.25, 0.3) is 8.32 Å². The van der Waals surface area contributed by atoms with Crippen LogP contribution < -0.4 is 0 Å². The van der Waals surface area contributed by atoms with Gasteiger partial charge in [-0.15, -0.1) is 0 Å². The van der Waals surface area contributed by atoms with Crippen molar-refractivity contribution in [2.24, 2.45) is 11.8 Å². The van der Waals surface area contributed by atoms with Gasteiger partial charge in [-0.3, -0.25) is 4.79 Å². The molecule has 1 aliphatic rings. The van der Waals surface area contributed by atoms with Crippen LogP contribution in [0.5, 0.6) is 0 Å². The third kappa shape index (κ3) is 4.97. The Kier molecular flexibility index (Phi) is 8.16. The largest absolute Gasteiger partial charge is 0.546 e. The molecule has 0 aromatic heterocycles. The van der Waals surface area contributed by atoms with Crippen molar-refractivity contribution in [3.05, 3.63) is 46.1 Å². The van der Waals surface area contributed by atoms with Crippen molar-refractivity contribution in [2.75, 3.05) is 6.61 Å². The fraction of sp³-hybridized carbons (Fsp3) is 0.609. The van der Waals surface area contributed by atoms with Crippen LogP contribution in [0.3, 0.4) is 0 Å². The van der Waals surface area contributed by atoms with Crippen LogP contribution in [0.1, 0.15) is 59.4 Å². The minimum Gasteiger partial charge on any atom is -0.546 e. The van der Waals surface area contributed by atoms with E-state index in [-0.39, 0.29) is 18.4 Å². The minimum atomic E-state index is -2.15. The molecule has 0 heterocycles. The highest BCUT2D eigenvalue weighted by atomic mass is 79.9. The van der Waals surface area contributed by atoms with Crippen LogP contribution in [-0.2, 0) is 9.22 Å². The predicted molar refractivity (Wildman–Crippen MR) is 123 cm³/mol. The average molecular weight is 484 g/mol. The summed E-state index contributed by atoms with van der Waals surface area (Å²) in [7, 11) is -2.15. The maximum absolute atomic E-state index is 12.1. The minimum absolute atomic E-state index is 0.162. The van der Waals surface area contributed by atoms with Crippen LogP contribution in [0.2, 0.25) is 16.6 Å². The van der Waals surface area contributed by atoms with Crippen LogP contribution in [0.25, 0.3) is 0 Å². The monoisotopic (exact) mass is 482 g/mol. The van der Waals surface area contributed by atoms with E-state index < -0.39 is 20.2 Å². The van der Waals surface area contributed by atoms with E-state index in [1.807, 2.05) is 30.3 Å². The second-order valence-corrected chi connectivity index (χ2v) is 15.4. The summed E-state index contributed by atoms with van der Waals surface area (Å²) in [5.74, 6) is -1.36. The number of aliphatic hydroxyl groups is 1. The molecule has 0 fully saturated rings. The van der Waals surface area contributed by atoms with Gasteiger partial charge in [0.2, 0.25) is 0 Å². The first-order valence-electron chi connectivity index (χ1n) is 10.5. The maximum atomic E-state index is 12.1. The van der Waals surface area contributed by atoms with E-state index in [4.69, 9.17) is 4.43 Å². The zero-order valence-electron chi connectivity index (χ0n) is 18.4. The second-order valence-electron chi connectivity index (χ2n) is 9.14. The van der Waals surface area contributed by atoms with Crippen molar-refractivity contribution < 1.29 is 19.4 Å². The molecule has 1 aromatic rings. The topological polar surface area (TPSA) is 66.8 Å². The van der Waals surface area contributed by atoms with Crippen LogP contribution in [0.15, 0.2) is 40.6 Å². The zero-order chi connectivity index (χ0) is 21.9. The first-order chi connectivity index (χ1) is 13.5. The summed E-state index contributed by atoms with van der Waals surface area (Å²) in [6, 6.07) is 7.77. The Morgan fingerprint density at radius 2 is 1.62 bits per heavy atom. The number of hydrogen-bond donors (Lipinski definition) is 2. The molecular weight excluding hydrogens is 448 g/mol. The highest BCUT2D eigenvalue weighted by molar-refractivity contribution is 9.10. The lowest BCUT2D eigenvalue weighted by Gasteiger charge is -2.45. The highest BCUT2D eigenvalue weighted by Gasteiger charge is 2.49. The number of benzene rings is 1. The van der Waals surface area contributed by atoms with E-state index in [1.165, 1.54) is 0 Å². The molecule has 0 saturated carbocycles. The molecule has 0 amide bonds. The molecular formula is C23H35BrO4Si. The van der Waals surface area contributed by atoms with E-state index in [0.29, 0.717) is 23.0 Å². The van der Waals surface area contributed by atoms with Gasteiger partial charge in [0, 0.05) is 29.3 Å². The summed E-state index contributed by atoms with van der Waals surface area (Å²) >= 11 is 3.45. The highest BCUT2D eigenvalue weighted by Crippen LogP contribution is 2.47. The summed E-state index contributed by atoms with van der Waals surface area (Å²) < 4.78 is 7.84. The second kappa shape index (κ2) is 9.80. The molecule has 2 rings (SSSR count). The molecule has 3 atom stereocenters. The summed E-state index contributed by atoms with van der Waals surface area (Å²) in [6.07, 6.45) is 2.49. The molecule has 29 heavy (non-hydrogen) atoms. The van der Waals surface area contributed by atoms with Crippen molar-refractivity contribution in [3.8, 4) is 0 Å². The van der Waals surface area contributed by atoms with Gasteiger partial charge >= 0.3 is 5.97 Å². The van der Waals surface area contributed by atoms with Gasteiger partial charge in [0.1, 0.15) is 0 Å². The molecule has 0 saturated heterocycles. The lowest BCUT2D eigenvalue weighted by molar-refractivity contribution is -0.145. The van der Waals surface area contributed by atoms with Gasteiger partial charge in [-0.05, 0) is 40.4 Å². The number of hydrogen-bond acceptors (Lipinski definition) is 3. The van der Waals surface area contributed by atoms with Crippen molar-refractivity contribution >= 4 is 30.2 Å². The van der Waals surface area contributed by atoms with Crippen molar-refractivity contribution in [1.29, 1.82) is 0 Å². The molecule has 1 aliphatic carbocycles. The molecule has 6 heteroatoms. The Balaban J connectivity index is 2.54. The molecule has 0 radical (unpaired) electrons. The molecule has 2 unspecified atom stereocenters. The van der Waals surface area contributed by atoms with E-state index in [0.717, 1.165) is 15.8 Å². The molecule has 4 nitrogen and oxygen atoms in total. The molecule has 1 aromatic carbocycles. The molecule has 0 aliphatic heterocycles. The van der Waals surface area contributed by atoms with Crippen LogP contribution in [0, 0.1) is 11.8 Å². The van der Waals surface area contributed by atoms with Gasteiger partial charge in [0.15, 0.2) is 0 Å².